The first-order valence-electron chi connectivity index (χ1n) is 12.1. The van der Waals surface area contributed by atoms with Crippen molar-refractivity contribution in [3.8, 4) is 0 Å². The SMILES string of the molecule is CCc1cc2c(N3CCN(C(=O)Cc4ccccc4)CC3)nc(SCCc3ccncc3)nc2s1. The molecule has 5 rings (SSSR count). The van der Waals surface area contributed by atoms with Crippen molar-refractivity contribution >= 4 is 45.0 Å². The number of amides is 1. The summed E-state index contributed by atoms with van der Waals surface area (Å²) in [6, 6.07) is 16.3. The van der Waals surface area contributed by atoms with E-state index in [1.807, 2.05) is 47.6 Å². The normalized spacial score (nSPS) is 14.0. The molecule has 0 spiro atoms. The van der Waals surface area contributed by atoms with Gasteiger partial charge in [-0.1, -0.05) is 49.0 Å². The Morgan fingerprint density at radius 1 is 1.00 bits per heavy atom. The maximum absolute atomic E-state index is 12.8. The number of rotatable bonds is 8. The largest absolute Gasteiger partial charge is 0.352 e. The Morgan fingerprint density at radius 3 is 2.51 bits per heavy atom. The first-order valence-corrected chi connectivity index (χ1v) is 13.9. The number of thiophene rings is 1. The molecular weight excluding hydrogens is 474 g/mol. The summed E-state index contributed by atoms with van der Waals surface area (Å²) in [5, 5.41) is 1.96. The fourth-order valence-corrected chi connectivity index (χ4v) is 6.12. The molecule has 4 heterocycles. The zero-order valence-corrected chi connectivity index (χ0v) is 21.5. The van der Waals surface area contributed by atoms with Crippen molar-refractivity contribution in [3.05, 3.63) is 76.9 Å². The zero-order chi connectivity index (χ0) is 24.0. The molecule has 0 saturated carbocycles. The second-order valence-electron chi connectivity index (χ2n) is 8.60. The fraction of sp³-hybridized carbons (Fsp3) is 0.333. The Bertz CT molecular complexity index is 1270. The van der Waals surface area contributed by atoms with Gasteiger partial charge in [-0.2, -0.15) is 0 Å². The second kappa shape index (κ2) is 11.2. The van der Waals surface area contributed by atoms with Gasteiger partial charge in [0, 0.05) is 49.2 Å². The van der Waals surface area contributed by atoms with Crippen molar-refractivity contribution in [2.75, 3.05) is 36.8 Å². The van der Waals surface area contributed by atoms with Crippen LogP contribution in [0.5, 0.6) is 0 Å². The zero-order valence-electron chi connectivity index (χ0n) is 19.9. The van der Waals surface area contributed by atoms with Crippen LogP contribution in [0.3, 0.4) is 0 Å². The highest BCUT2D eigenvalue weighted by Crippen LogP contribution is 2.34. The number of piperazine rings is 1. The lowest BCUT2D eigenvalue weighted by molar-refractivity contribution is -0.130. The van der Waals surface area contributed by atoms with Crippen molar-refractivity contribution in [1.82, 2.24) is 19.9 Å². The third-order valence-electron chi connectivity index (χ3n) is 6.25. The third kappa shape index (κ3) is 5.82. The van der Waals surface area contributed by atoms with Gasteiger partial charge in [-0.3, -0.25) is 9.78 Å². The van der Waals surface area contributed by atoms with Crippen LogP contribution in [0, 0.1) is 0 Å². The molecule has 1 amide bonds. The van der Waals surface area contributed by atoms with Crippen LogP contribution in [0.15, 0.2) is 66.1 Å². The van der Waals surface area contributed by atoms with E-state index >= 15 is 0 Å². The van der Waals surface area contributed by atoms with Gasteiger partial charge >= 0.3 is 0 Å². The highest BCUT2D eigenvalue weighted by molar-refractivity contribution is 7.99. The van der Waals surface area contributed by atoms with Gasteiger partial charge in [-0.25, -0.2) is 9.97 Å². The number of nitrogens with zero attached hydrogens (tertiary/aromatic N) is 5. The first kappa shape index (κ1) is 23.8. The van der Waals surface area contributed by atoms with Crippen LogP contribution < -0.4 is 4.90 Å². The number of aromatic nitrogens is 3. The summed E-state index contributed by atoms with van der Waals surface area (Å²) < 4.78 is 0. The van der Waals surface area contributed by atoms with E-state index in [9.17, 15) is 4.79 Å². The number of fused-ring (bicyclic) bond motifs is 1. The Balaban J connectivity index is 1.28. The summed E-state index contributed by atoms with van der Waals surface area (Å²) in [6.07, 6.45) is 6.08. The molecule has 0 N–H and O–H groups in total. The molecular formula is C27H29N5OS2. The van der Waals surface area contributed by atoms with Gasteiger partial charge in [0.2, 0.25) is 5.91 Å². The number of benzene rings is 1. The van der Waals surface area contributed by atoms with Crippen LogP contribution in [-0.2, 0) is 24.1 Å². The van der Waals surface area contributed by atoms with E-state index < -0.39 is 0 Å². The number of carbonyl (C=O) groups excluding carboxylic acids is 1. The van der Waals surface area contributed by atoms with Gasteiger partial charge in [0.05, 0.1) is 11.8 Å². The number of pyridine rings is 1. The number of hydrogen-bond acceptors (Lipinski definition) is 7. The maximum atomic E-state index is 12.8. The van der Waals surface area contributed by atoms with Crippen LogP contribution in [0.4, 0.5) is 5.82 Å². The smallest absolute Gasteiger partial charge is 0.227 e. The van der Waals surface area contributed by atoms with Crippen molar-refractivity contribution < 1.29 is 4.79 Å². The van der Waals surface area contributed by atoms with Crippen LogP contribution in [-0.4, -0.2) is 57.7 Å². The summed E-state index contributed by atoms with van der Waals surface area (Å²) >= 11 is 3.47. The molecule has 1 aliphatic rings. The maximum Gasteiger partial charge on any atom is 0.227 e. The minimum Gasteiger partial charge on any atom is -0.352 e. The molecule has 3 aromatic heterocycles. The lowest BCUT2D eigenvalue weighted by atomic mass is 10.1. The molecule has 4 aromatic rings. The molecule has 0 atom stereocenters. The van der Waals surface area contributed by atoms with Crippen LogP contribution in [0.2, 0.25) is 0 Å². The van der Waals surface area contributed by atoms with Crippen molar-refractivity contribution in [2.24, 2.45) is 0 Å². The number of hydrogen-bond donors (Lipinski definition) is 0. The average Bonchev–Trinajstić information content (AvgIpc) is 3.33. The minimum absolute atomic E-state index is 0.194. The summed E-state index contributed by atoms with van der Waals surface area (Å²) in [4.78, 5) is 33.5. The molecule has 180 valence electrons. The summed E-state index contributed by atoms with van der Waals surface area (Å²) in [7, 11) is 0. The van der Waals surface area contributed by atoms with Crippen molar-refractivity contribution in [1.29, 1.82) is 0 Å². The Morgan fingerprint density at radius 2 is 1.77 bits per heavy atom. The van der Waals surface area contributed by atoms with Crippen LogP contribution >= 0.6 is 23.1 Å². The number of carbonyl (C=O) groups is 1. The van der Waals surface area contributed by atoms with E-state index in [2.05, 4.69) is 35.0 Å². The molecule has 0 aliphatic carbocycles. The van der Waals surface area contributed by atoms with E-state index in [0.29, 0.717) is 19.5 Å². The van der Waals surface area contributed by atoms with Crippen molar-refractivity contribution in [3.63, 3.8) is 0 Å². The van der Waals surface area contributed by atoms with Gasteiger partial charge in [0.25, 0.3) is 0 Å². The van der Waals surface area contributed by atoms with E-state index in [0.717, 1.165) is 58.4 Å². The predicted octanol–water partition coefficient (Wildman–Crippen LogP) is 4.87. The Hall–Kier alpha value is -2.97. The summed E-state index contributed by atoms with van der Waals surface area (Å²) in [5.41, 5.74) is 2.34. The van der Waals surface area contributed by atoms with E-state index in [1.165, 1.54) is 10.4 Å². The molecule has 1 aliphatic heterocycles. The lowest BCUT2D eigenvalue weighted by Crippen LogP contribution is -2.49. The number of aryl methyl sites for hydroxylation is 2. The highest BCUT2D eigenvalue weighted by Gasteiger charge is 2.24. The molecule has 1 fully saturated rings. The molecule has 1 aromatic carbocycles. The molecule has 0 bridgehead atoms. The number of thioether (sulfide) groups is 1. The monoisotopic (exact) mass is 503 g/mol. The molecule has 1 saturated heterocycles. The van der Waals surface area contributed by atoms with Crippen molar-refractivity contribution in [2.45, 2.75) is 31.3 Å². The quantitative estimate of drug-likeness (QED) is 0.252. The van der Waals surface area contributed by atoms with Crippen LogP contribution in [0.1, 0.15) is 22.9 Å². The predicted molar refractivity (Wildman–Crippen MR) is 144 cm³/mol. The molecule has 8 heteroatoms. The highest BCUT2D eigenvalue weighted by atomic mass is 32.2. The standard InChI is InChI=1S/C27H29N5OS2/c1-2-22-19-23-25(29-27(30-26(23)35-22)34-17-10-20-8-11-28-12-9-20)32-15-13-31(14-16-32)24(33)18-21-6-4-3-5-7-21/h3-9,11-12,19H,2,10,13-18H2,1H3. The first-order chi connectivity index (χ1) is 17.2. The van der Waals surface area contributed by atoms with Crippen LogP contribution in [0.25, 0.3) is 10.2 Å². The second-order valence-corrected chi connectivity index (χ2v) is 10.8. The van der Waals surface area contributed by atoms with Gasteiger partial charge in [0.1, 0.15) is 10.6 Å². The number of anilines is 1. The minimum atomic E-state index is 0.194. The Labute approximate surface area is 214 Å². The lowest BCUT2D eigenvalue weighted by Gasteiger charge is -2.35. The fourth-order valence-electron chi connectivity index (χ4n) is 4.28. The van der Waals surface area contributed by atoms with E-state index in [1.54, 1.807) is 23.1 Å². The molecule has 0 unspecified atom stereocenters. The summed E-state index contributed by atoms with van der Waals surface area (Å²) in [5.74, 6) is 2.12. The third-order valence-corrected chi connectivity index (χ3v) is 8.28. The van der Waals surface area contributed by atoms with E-state index in [4.69, 9.17) is 9.97 Å². The molecule has 0 radical (unpaired) electrons. The summed E-state index contributed by atoms with van der Waals surface area (Å²) in [6.45, 7) is 5.17. The Kier molecular flexibility index (Phi) is 7.59. The molecule has 6 nitrogen and oxygen atoms in total. The van der Waals surface area contributed by atoms with Gasteiger partial charge in [-0.15, -0.1) is 11.3 Å². The van der Waals surface area contributed by atoms with Gasteiger partial charge in [0.15, 0.2) is 5.16 Å². The van der Waals surface area contributed by atoms with Gasteiger partial charge in [-0.05, 0) is 42.2 Å². The molecule has 35 heavy (non-hydrogen) atoms. The van der Waals surface area contributed by atoms with E-state index in [-0.39, 0.29) is 5.91 Å². The average molecular weight is 504 g/mol. The van der Waals surface area contributed by atoms with Gasteiger partial charge < -0.3 is 9.80 Å². The topological polar surface area (TPSA) is 62.2 Å².